The van der Waals surface area contributed by atoms with Crippen LogP contribution in [0.4, 0.5) is 0 Å². The van der Waals surface area contributed by atoms with Crippen LogP contribution in [-0.4, -0.2) is 46.0 Å². The zero-order valence-electron chi connectivity index (χ0n) is 16.3. The van der Waals surface area contributed by atoms with Gasteiger partial charge in [-0.25, -0.2) is 0 Å². The maximum absolute atomic E-state index is 5.45. The summed E-state index contributed by atoms with van der Waals surface area (Å²) in [4.78, 5) is 2.44. The second-order valence-corrected chi connectivity index (χ2v) is 7.36. The fourth-order valence-electron chi connectivity index (χ4n) is 3.85. The summed E-state index contributed by atoms with van der Waals surface area (Å²) in [5.41, 5.74) is 5.66. The first-order valence-corrected chi connectivity index (χ1v) is 10.0. The molecule has 5 nitrogen and oxygen atoms in total. The molecule has 2 aromatic heterocycles. The van der Waals surface area contributed by atoms with E-state index in [0.717, 1.165) is 60.7 Å². The Bertz CT molecular complexity index is 1130. The predicted molar refractivity (Wildman–Crippen MR) is 117 cm³/mol. The van der Waals surface area contributed by atoms with Gasteiger partial charge in [-0.15, -0.1) is 0 Å². The van der Waals surface area contributed by atoms with Gasteiger partial charge in [-0.2, -0.15) is 5.10 Å². The Kier molecular flexibility index (Phi) is 4.99. The van der Waals surface area contributed by atoms with Gasteiger partial charge in [0, 0.05) is 37.4 Å². The smallest absolute Gasteiger partial charge is 0.0927 e. The van der Waals surface area contributed by atoms with E-state index in [2.05, 4.69) is 80.6 Å². The fourth-order valence-corrected chi connectivity index (χ4v) is 3.85. The summed E-state index contributed by atoms with van der Waals surface area (Å²) in [6.07, 6.45) is 8.59. The molecule has 5 heteroatoms. The number of para-hydroxylation sites is 2. The van der Waals surface area contributed by atoms with Crippen molar-refractivity contribution in [3.05, 3.63) is 83.8 Å². The third-order valence-electron chi connectivity index (χ3n) is 5.40. The van der Waals surface area contributed by atoms with Gasteiger partial charge >= 0.3 is 0 Å². The summed E-state index contributed by atoms with van der Waals surface area (Å²) < 4.78 is 7.66. The van der Waals surface area contributed by atoms with Crippen molar-refractivity contribution in [2.24, 2.45) is 0 Å². The SMILES string of the molecule is C(=C\c1n[nH]c2ccccc12)/c1ccccc1-n1ccc(CN2CCOCC2)c1. The average molecular weight is 384 g/mol. The lowest BCUT2D eigenvalue weighted by Crippen LogP contribution is -2.35. The molecule has 0 amide bonds. The molecule has 0 unspecified atom stereocenters. The van der Waals surface area contributed by atoms with Gasteiger partial charge < -0.3 is 9.30 Å². The Hall–Kier alpha value is -3.15. The number of morpholine rings is 1. The summed E-state index contributed by atoms with van der Waals surface area (Å²) in [6, 6.07) is 18.9. The molecule has 0 saturated carbocycles. The Balaban J connectivity index is 1.39. The number of nitrogens with one attached hydrogen (secondary N) is 1. The molecule has 0 radical (unpaired) electrons. The van der Waals surface area contributed by atoms with Crippen molar-refractivity contribution in [2.45, 2.75) is 6.54 Å². The molecule has 0 spiro atoms. The van der Waals surface area contributed by atoms with Gasteiger partial charge in [0.05, 0.1) is 30.1 Å². The summed E-state index contributed by atoms with van der Waals surface area (Å²) in [5.74, 6) is 0. The van der Waals surface area contributed by atoms with E-state index in [-0.39, 0.29) is 0 Å². The van der Waals surface area contributed by atoms with E-state index in [9.17, 15) is 0 Å². The van der Waals surface area contributed by atoms with Gasteiger partial charge in [0.1, 0.15) is 0 Å². The molecular weight excluding hydrogens is 360 g/mol. The van der Waals surface area contributed by atoms with Crippen LogP contribution < -0.4 is 0 Å². The number of hydrogen-bond donors (Lipinski definition) is 1. The van der Waals surface area contributed by atoms with Gasteiger partial charge in [0.25, 0.3) is 0 Å². The van der Waals surface area contributed by atoms with Gasteiger partial charge in [-0.1, -0.05) is 42.5 Å². The Morgan fingerprint density at radius 3 is 2.72 bits per heavy atom. The first-order valence-electron chi connectivity index (χ1n) is 10.0. The minimum atomic E-state index is 0.830. The maximum atomic E-state index is 5.45. The van der Waals surface area contributed by atoms with Crippen LogP contribution in [0.2, 0.25) is 0 Å². The van der Waals surface area contributed by atoms with Crippen LogP contribution in [0, 0.1) is 0 Å². The summed E-state index contributed by atoms with van der Waals surface area (Å²) in [6.45, 7) is 4.63. The highest BCUT2D eigenvalue weighted by molar-refractivity contribution is 5.89. The van der Waals surface area contributed by atoms with Crippen LogP contribution in [0.25, 0.3) is 28.7 Å². The van der Waals surface area contributed by atoms with Crippen LogP contribution in [0.1, 0.15) is 16.8 Å². The van der Waals surface area contributed by atoms with Gasteiger partial charge in [0.2, 0.25) is 0 Å². The number of nitrogens with zero attached hydrogens (tertiary/aromatic N) is 3. The molecule has 0 bridgehead atoms. The molecule has 1 fully saturated rings. The van der Waals surface area contributed by atoms with Crippen molar-refractivity contribution in [1.29, 1.82) is 0 Å². The monoisotopic (exact) mass is 384 g/mol. The number of H-pyrrole nitrogens is 1. The van der Waals surface area contributed by atoms with Crippen molar-refractivity contribution in [2.75, 3.05) is 26.3 Å². The van der Waals surface area contributed by atoms with Crippen molar-refractivity contribution < 1.29 is 4.74 Å². The van der Waals surface area contributed by atoms with E-state index in [1.165, 1.54) is 5.56 Å². The van der Waals surface area contributed by atoms with E-state index in [1.807, 2.05) is 18.2 Å². The molecule has 146 valence electrons. The quantitative estimate of drug-likeness (QED) is 0.556. The van der Waals surface area contributed by atoms with Crippen LogP contribution >= 0.6 is 0 Å². The van der Waals surface area contributed by atoms with Gasteiger partial charge in [-0.3, -0.25) is 10.00 Å². The molecule has 0 atom stereocenters. The zero-order valence-corrected chi connectivity index (χ0v) is 16.3. The predicted octanol–water partition coefficient (Wildman–Crippen LogP) is 4.36. The standard InChI is InChI=1S/C24H24N4O/c1-4-8-24(28-12-11-19(18-28)17-27-13-15-29-16-14-27)20(5-1)9-10-23-21-6-2-3-7-22(21)25-26-23/h1-12,18H,13-17H2,(H,25,26)/b10-9+. The van der Waals surface area contributed by atoms with E-state index in [0.29, 0.717) is 0 Å². The van der Waals surface area contributed by atoms with E-state index in [1.54, 1.807) is 0 Å². The summed E-state index contributed by atoms with van der Waals surface area (Å²) in [5, 5.41) is 8.67. The van der Waals surface area contributed by atoms with Crippen molar-refractivity contribution >= 4 is 23.1 Å². The van der Waals surface area contributed by atoms with Crippen LogP contribution in [0.5, 0.6) is 0 Å². The largest absolute Gasteiger partial charge is 0.379 e. The number of benzene rings is 2. The van der Waals surface area contributed by atoms with E-state index in [4.69, 9.17) is 4.74 Å². The average Bonchev–Trinajstić information content (AvgIpc) is 3.40. The zero-order chi connectivity index (χ0) is 19.5. The first kappa shape index (κ1) is 17.9. The number of ether oxygens (including phenoxy) is 1. The lowest BCUT2D eigenvalue weighted by Gasteiger charge is -2.26. The van der Waals surface area contributed by atoms with Crippen LogP contribution in [0.15, 0.2) is 67.0 Å². The number of hydrogen-bond acceptors (Lipinski definition) is 3. The molecule has 1 saturated heterocycles. The van der Waals surface area contributed by atoms with Gasteiger partial charge in [0.15, 0.2) is 0 Å². The van der Waals surface area contributed by atoms with Crippen LogP contribution in [-0.2, 0) is 11.3 Å². The summed E-state index contributed by atoms with van der Waals surface area (Å²) in [7, 11) is 0. The second-order valence-electron chi connectivity index (χ2n) is 7.36. The van der Waals surface area contributed by atoms with E-state index >= 15 is 0 Å². The molecule has 1 N–H and O–H groups in total. The Labute approximate surface area is 170 Å². The number of aromatic nitrogens is 3. The Morgan fingerprint density at radius 1 is 0.966 bits per heavy atom. The molecule has 2 aromatic carbocycles. The molecule has 4 aromatic rings. The third kappa shape index (κ3) is 3.88. The Morgan fingerprint density at radius 2 is 1.79 bits per heavy atom. The molecule has 1 aliphatic rings. The number of aromatic amines is 1. The molecule has 3 heterocycles. The van der Waals surface area contributed by atoms with Crippen molar-refractivity contribution in [3.8, 4) is 5.69 Å². The van der Waals surface area contributed by atoms with Crippen molar-refractivity contribution in [3.63, 3.8) is 0 Å². The molecule has 1 aliphatic heterocycles. The molecule has 0 aliphatic carbocycles. The highest BCUT2D eigenvalue weighted by Gasteiger charge is 2.12. The third-order valence-corrected chi connectivity index (χ3v) is 5.40. The minimum Gasteiger partial charge on any atom is -0.379 e. The van der Waals surface area contributed by atoms with Gasteiger partial charge in [-0.05, 0) is 35.4 Å². The van der Waals surface area contributed by atoms with Crippen molar-refractivity contribution in [1.82, 2.24) is 19.7 Å². The molecule has 5 rings (SSSR count). The molecule has 29 heavy (non-hydrogen) atoms. The first-order chi connectivity index (χ1) is 14.4. The fraction of sp³-hybridized carbons (Fsp3) is 0.208. The van der Waals surface area contributed by atoms with Crippen LogP contribution in [0.3, 0.4) is 0 Å². The summed E-state index contributed by atoms with van der Waals surface area (Å²) >= 11 is 0. The highest BCUT2D eigenvalue weighted by atomic mass is 16.5. The maximum Gasteiger partial charge on any atom is 0.0927 e. The lowest BCUT2D eigenvalue weighted by atomic mass is 10.1. The second kappa shape index (κ2) is 8.07. The molecular formula is C24H24N4O. The lowest BCUT2D eigenvalue weighted by molar-refractivity contribution is 0.0342. The normalized spacial score (nSPS) is 15.4. The van der Waals surface area contributed by atoms with E-state index < -0.39 is 0 Å². The highest BCUT2D eigenvalue weighted by Crippen LogP contribution is 2.22. The topological polar surface area (TPSA) is 46.1 Å². The number of rotatable bonds is 5. The minimum absolute atomic E-state index is 0.830. The number of fused-ring (bicyclic) bond motifs is 1.